The molecule has 1 aliphatic rings. The van der Waals surface area contributed by atoms with Gasteiger partial charge in [-0.15, -0.1) is 0 Å². The lowest BCUT2D eigenvalue weighted by atomic mass is 10.2. The summed E-state index contributed by atoms with van der Waals surface area (Å²) in [6, 6.07) is 9.20. The van der Waals surface area contributed by atoms with Crippen molar-refractivity contribution in [2.45, 2.75) is 11.3 Å². The molecular formula is C16H14Cl2N2O4S. The van der Waals surface area contributed by atoms with E-state index in [0.717, 1.165) is 5.56 Å². The molecule has 0 fully saturated rings. The van der Waals surface area contributed by atoms with E-state index < -0.39 is 10.0 Å². The van der Waals surface area contributed by atoms with Gasteiger partial charge in [0.2, 0.25) is 10.0 Å². The van der Waals surface area contributed by atoms with Crippen LogP contribution in [0.4, 0.5) is 5.69 Å². The largest absolute Gasteiger partial charge is 0.482 e. The van der Waals surface area contributed by atoms with Crippen LogP contribution in [0.15, 0.2) is 41.3 Å². The molecule has 6 nitrogen and oxygen atoms in total. The van der Waals surface area contributed by atoms with Crippen molar-refractivity contribution in [1.29, 1.82) is 0 Å². The van der Waals surface area contributed by atoms with Crippen LogP contribution in [0, 0.1) is 0 Å². The molecule has 2 N–H and O–H groups in total. The third-order valence-corrected chi connectivity index (χ3v) is 5.28. The zero-order valence-corrected chi connectivity index (χ0v) is 15.2. The second kappa shape index (κ2) is 6.84. The number of nitrogens with two attached hydrogens (primary N) is 1. The van der Waals surface area contributed by atoms with E-state index in [9.17, 15) is 13.2 Å². The van der Waals surface area contributed by atoms with E-state index in [-0.39, 0.29) is 17.4 Å². The zero-order chi connectivity index (χ0) is 18.2. The average Bonchev–Trinajstić information content (AvgIpc) is 2.98. The van der Waals surface area contributed by atoms with Crippen molar-refractivity contribution in [1.82, 2.24) is 0 Å². The summed E-state index contributed by atoms with van der Waals surface area (Å²) in [4.78, 5) is 14.0. The monoisotopic (exact) mass is 400 g/mol. The van der Waals surface area contributed by atoms with Crippen LogP contribution in [-0.4, -0.2) is 27.5 Å². The second-order valence-electron chi connectivity index (χ2n) is 5.49. The van der Waals surface area contributed by atoms with E-state index in [1.807, 2.05) is 0 Å². The molecule has 0 atom stereocenters. The van der Waals surface area contributed by atoms with E-state index in [1.54, 1.807) is 23.1 Å². The van der Waals surface area contributed by atoms with Gasteiger partial charge in [0.05, 0.1) is 9.92 Å². The van der Waals surface area contributed by atoms with Gasteiger partial charge in [0.15, 0.2) is 6.61 Å². The van der Waals surface area contributed by atoms with Crippen molar-refractivity contribution in [3.8, 4) is 5.75 Å². The molecular weight excluding hydrogens is 387 g/mol. The zero-order valence-electron chi connectivity index (χ0n) is 12.9. The molecule has 0 saturated heterocycles. The summed E-state index contributed by atoms with van der Waals surface area (Å²) in [5.74, 6) is 0.0599. The summed E-state index contributed by atoms with van der Waals surface area (Å²) < 4.78 is 28.3. The molecule has 9 heteroatoms. The fourth-order valence-corrected chi connectivity index (χ4v) is 3.52. The third kappa shape index (κ3) is 3.90. The Morgan fingerprint density at radius 1 is 1.20 bits per heavy atom. The molecule has 0 radical (unpaired) electrons. The highest BCUT2D eigenvalue weighted by Crippen LogP contribution is 2.31. The number of primary sulfonamides is 1. The lowest BCUT2D eigenvalue weighted by molar-refractivity contribution is -0.120. The highest BCUT2D eigenvalue weighted by molar-refractivity contribution is 7.89. The van der Waals surface area contributed by atoms with Crippen LogP contribution in [0.25, 0.3) is 0 Å². The molecule has 0 aliphatic carbocycles. The van der Waals surface area contributed by atoms with E-state index in [2.05, 4.69) is 0 Å². The quantitative estimate of drug-likeness (QED) is 0.853. The predicted molar refractivity (Wildman–Crippen MR) is 95.8 cm³/mol. The molecule has 1 aliphatic heterocycles. The molecule has 1 amide bonds. The Kier molecular flexibility index (Phi) is 4.92. The number of carbonyl (C=O) groups is 1. The summed E-state index contributed by atoms with van der Waals surface area (Å²) in [5.41, 5.74) is 1.40. The van der Waals surface area contributed by atoms with Crippen LogP contribution in [0.3, 0.4) is 0 Å². The lowest BCUT2D eigenvalue weighted by Gasteiger charge is -2.18. The first-order valence-electron chi connectivity index (χ1n) is 7.29. The van der Waals surface area contributed by atoms with Crippen molar-refractivity contribution >= 4 is 44.8 Å². The van der Waals surface area contributed by atoms with Gasteiger partial charge in [-0.05, 0) is 42.3 Å². The van der Waals surface area contributed by atoms with Crippen molar-refractivity contribution in [3.63, 3.8) is 0 Å². The fourth-order valence-electron chi connectivity index (χ4n) is 2.62. The Bertz CT molecular complexity index is 947. The fraction of sp³-hybridized carbons (Fsp3) is 0.188. The standard InChI is InChI=1S/C16H14Cl2N2O4S/c17-11-1-3-13(18)15(8-11)24-9-16(21)20-6-5-10-7-12(25(19,22)23)2-4-14(10)20/h1-4,7-8H,5-6,9H2,(H2,19,22,23). The molecule has 0 saturated carbocycles. The number of hydrogen-bond acceptors (Lipinski definition) is 4. The number of carbonyl (C=O) groups excluding carboxylic acids is 1. The van der Waals surface area contributed by atoms with Crippen molar-refractivity contribution < 1.29 is 17.9 Å². The van der Waals surface area contributed by atoms with E-state index in [0.29, 0.717) is 34.4 Å². The van der Waals surface area contributed by atoms with Gasteiger partial charge in [-0.25, -0.2) is 13.6 Å². The molecule has 3 rings (SSSR count). The van der Waals surface area contributed by atoms with Crippen molar-refractivity contribution in [2.75, 3.05) is 18.1 Å². The Morgan fingerprint density at radius 3 is 2.68 bits per heavy atom. The molecule has 0 bridgehead atoms. The van der Waals surface area contributed by atoms with E-state index in [1.165, 1.54) is 18.2 Å². The molecule has 0 unspecified atom stereocenters. The summed E-state index contributed by atoms with van der Waals surface area (Å²) in [5, 5.41) is 5.94. The third-order valence-electron chi connectivity index (χ3n) is 3.82. The summed E-state index contributed by atoms with van der Waals surface area (Å²) in [7, 11) is -3.77. The maximum Gasteiger partial charge on any atom is 0.264 e. The minimum absolute atomic E-state index is 0.0301. The predicted octanol–water partition coefficient (Wildman–Crippen LogP) is 2.61. The Balaban J connectivity index is 1.74. The van der Waals surface area contributed by atoms with Crippen LogP contribution in [-0.2, 0) is 21.2 Å². The number of fused-ring (bicyclic) bond motifs is 1. The van der Waals surface area contributed by atoms with Crippen LogP contribution in [0.1, 0.15) is 5.56 Å². The number of halogens is 2. The van der Waals surface area contributed by atoms with Crippen LogP contribution in [0.5, 0.6) is 5.75 Å². The highest BCUT2D eigenvalue weighted by Gasteiger charge is 2.26. The number of amides is 1. The van der Waals surface area contributed by atoms with Gasteiger partial charge in [0.1, 0.15) is 5.75 Å². The summed E-state index contributed by atoms with van der Waals surface area (Å²) in [6.07, 6.45) is 0.544. The smallest absolute Gasteiger partial charge is 0.264 e. The molecule has 1 heterocycles. The first-order valence-corrected chi connectivity index (χ1v) is 9.60. The lowest BCUT2D eigenvalue weighted by Crippen LogP contribution is -2.33. The van der Waals surface area contributed by atoms with Gasteiger partial charge in [0.25, 0.3) is 5.91 Å². The van der Waals surface area contributed by atoms with Crippen molar-refractivity contribution in [3.05, 3.63) is 52.0 Å². The number of sulfonamides is 1. The number of benzene rings is 2. The molecule has 2 aromatic rings. The maximum atomic E-state index is 12.4. The second-order valence-corrected chi connectivity index (χ2v) is 7.90. The van der Waals surface area contributed by atoms with Crippen LogP contribution < -0.4 is 14.8 Å². The Morgan fingerprint density at radius 2 is 1.96 bits per heavy atom. The van der Waals surface area contributed by atoms with E-state index in [4.69, 9.17) is 33.1 Å². The van der Waals surface area contributed by atoms with Crippen LogP contribution in [0.2, 0.25) is 10.0 Å². The minimum Gasteiger partial charge on any atom is -0.482 e. The molecule has 132 valence electrons. The molecule has 0 spiro atoms. The normalized spacial score (nSPS) is 13.6. The molecule has 25 heavy (non-hydrogen) atoms. The Labute approximate surface area is 155 Å². The number of rotatable bonds is 4. The van der Waals surface area contributed by atoms with Gasteiger partial charge < -0.3 is 9.64 Å². The Hall–Kier alpha value is -1.80. The van der Waals surface area contributed by atoms with Gasteiger partial charge in [0, 0.05) is 23.3 Å². The van der Waals surface area contributed by atoms with E-state index >= 15 is 0 Å². The average molecular weight is 401 g/mol. The van der Waals surface area contributed by atoms with Gasteiger partial charge in [-0.1, -0.05) is 23.2 Å². The number of hydrogen-bond donors (Lipinski definition) is 1. The maximum absolute atomic E-state index is 12.4. The summed E-state index contributed by atoms with van der Waals surface area (Å²) >= 11 is 11.9. The number of nitrogens with zero attached hydrogens (tertiary/aromatic N) is 1. The van der Waals surface area contributed by atoms with Crippen LogP contribution >= 0.6 is 23.2 Å². The van der Waals surface area contributed by atoms with Crippen molar-refractivity contribution in [2.24, 2.45) is 5.14 Å². The summed E-state index contributed by atoms with van der Waals surface area (Å²) in [6.45, 7) is 0.227. The minimum atomic E-state index is -3.77. The molecule has 0 aromatic heterocycles. The molecule has 2 aromatic carbocycles. The number of ether oxygens (including phenoxy) is 1. The van der Waals surface area contributed by atoms with Gasteiger partial charge in [-0.2, -0.15) is 0 Å². The first-order chi connectivity index (χ1) is 11.8. The van der Waals surface area contributed by atoms with Gasteiger partial charge >= 0.3 is 0 Å². The number of anilines is 1. The SMILES string of the molecule is NS(=O)(=O)c1ccc2c(c1)CCN2C(=O)COc1cc(Cl)ccc1Cl. The first kappa shape index (κ1) is 18.0. The highest BCUT2D eigenvalue weighted by atomic mass is 35.5. The topological polar surface area (TPSA) is 89.7 Å². The van der Waals surface area contributed by atoms with Gasteiger partial charge in [-0.3, -0.25) is 4.79 Å².